The summed E-state index contributed by atoms with van der Waals surface area (Å²) in [6.45, 7) is 8.88. The van der Waals surface area contributed by atoms with E-state index < -0.39 is 0 Å². The molecule has 6 nitrogen and oxygen atoms in total. The van der Waals surface area contributed by atoms with Gasteiger partial charge in [0.15, 0.2) is 17.5 Å². The van der Waals surface area contributed by atoms with E-state index in [-0.39, 0.29) is 0 Å². The molecule has 7 heteroatoms. The first-order valence-electron chi connectivity index (χ1n) is 8.89. The lowest BCUT2D eigenvalue weighted by Gasteiger charge is -2.12. The van der Waals surface area contributed by atoms with Gasteiger partial charge in [-0.3, -0.25) is 0 Å². The second kappa shape index (κ2) is 10.7. The van der Waals surface area contributed by atoms with Gasteiger partial charge in [0, 0.05) is 30.6 Å². The number of aryl methyl sites for hydroxylation is 1. The number of rotatable bonds is 9. The van der Waals surface area contributed by atoms with E-state index in [2.05, 4.69) is 34.5 Å². The van der Waals surface area contributed by atoms with Gasteiger partial charge in [0.2, 0.25) is 0 Å². The maximum absolute atomic E-state index is 5.55. The number of benzene rings is 1. The van der Waals surface area contributed by atoms with Gasteiger partial charge >= 0.3 is 0 Å². The largest absolute Gasteiger partial charge is 0.493 e. The van der Waals surface area contributed by atoms with Crippen LogP contribution in [-0.4, -0.2) is 37.7 Å². The monoisotopic (exact) mass is 376 g/mol. The third kappa shape index (κ3) is 6.22. The second-order valence-electron chi connectivity index (χ2n) is 5.65. The van der Waals surface area contributed by atoms with Crippen LogP contribution in [0, 0.1) is 6.92 Å². The molecule has 0 aliphatic carbocycles. The van der Waals surface area contributed by atoms with E-state index in [0.717, 1.165) is 47.5 Å². The Kier molecular flexibility index (Phi) is 8.21. The summed E-state index contributed by atoms with van der Waals surface area (Å²) in [5, 5.41) is 7.77. The number of aliphatic imine (C=N–C) groups is 1. The summed E-state index contributed by atoms with van der Waals surface area (Å²) in [5.41, 5.74) is 1.07. The summed E-state index contributed by atoms with van der Waals surface area (Å²) in [6, 6.07) is 5.91. The summed E-state index contributed by atoms with van der Waals surface area (Å²) < 4.78 is 11.0. The highest BCUT2D eigenvalue weighted by molar-refractivity contribution is 7.11. The van der Waals surface area contributed by atoms with Crippen molar-refractivity contribution in [3.63, 3.8) is 0 Å². The van der Waals surface area contributed by atoms with Crippen LogP contribution in [0.2, 0.25) is 0 Å². The van der Waals surface area contributed by atoms with E-state index in [9.17, 15) is 0 Å². The van der Waals surface area contributed by atoms with E-state index >= 15 is 0 Å². The first kappa shape index (κ1) is 20.0. The topological polar surface area (TPSA) is 67.8 Å². The maximum Gasteiger partial charge on any atom is 0.191 e. The predicted molar refractivity (Wildman–Crippen MR) is 108 cm³/mol. The number of methoxy groups -OCH3 is 1. The molecule has 0 amide bonds. The van der Waals surface area contributed by atoms with Crippen molar-refractivity contribution in [2.24, 2.45) is 4.99 Å². The molecular formula is C19H28N4O2S. The molecule has 0 radical (unpaired) electrons. The summed E-state index contributed by atoms with van der Waals surface area (Å²) in [4.78, 5) is 10.3. The third-order valence-corrected chi connectivity index (χ3v) is 4.56. The molecule has 2 N–H and O–H groups in total. The highest BCUT2D eigenvalue weighted by Gasteiger charge is 2.06. The lowest BCUT2D eigenvalue weighted by Crippen LogP contribution is -2.38. The Hall–Kier alpha value is -2.28. The number of nitrogens with zero attached hydrogens (tertiary/aromatic N) is 2. The predicted octanol–water partition coefficient (Wildman–Crippen LogP) is 3.16. The van der Waals surface area contributed by atoms with Gasteiger partial charge in [-0.2, -0.15) is 0 Å². The normalized spacial score (nSPS) is 11.3. The number of guanidine groups is 1. The SMILES string of the molecule is CCNC(=NCc1ccc(OCC)c(OC)c1)NCCc1ncc(C)s1. The molecule has 0 aliphatic heterocycles. The second-order valence-corrected chi connectivity index (χ2v) is 6.97. The molecule has 1 aromatic heterocycles. The standard InChI is InChI=1S/C19H28N4O2S/c1-5-20-19(21-10-9-18-22-12-14(3)26-18)23-13-15-7-8-16(25-6-2)17(11-15)24-4/h7-8,11-12H,5-6,9-10,13H2,1-4H3,(H2,20,21,23). The zero-order valence-electron chi connectivity index (χ0n) is 16.0. The maximum atomic E-state index is 5.55. The molecule has 0 bridgehead atoms. The minimum absolute atomic E-state index is 0.564. The van der Waals surface area contributed by atoms with Gasteiger partial charge in [-0.05, 0) is 38.5 Å². The zero-order valence-corrected chi connectivity index (χ0v) is 16.8. The average molecular weight is 377 g/mol. The van der Waals surface area contributed by atoms with Crippen LogP contribution in [0.5, 0.6) is 11.5 Å². The first-order chi connectivity index (χ1) is 12.7. The number of hydrogen-bond donors (Lipinski definition) is 2. The molecule has 0 spiro atoms. The number of ether oxygens (including phenoxy) is 2. The van der Waals surface area contributed by atoms with Crippen molar-refractivity contribution in [3.05, 3.63) is 39.8 Å². The summed E-state index contributed by atoms with van der Waals surface area (Å²) in [6.07, 6.45) is 2.80. The van der Waals surface area contributed by atoms with Crippen LogP contribution in [0.25, 0.3) is 0 Å². The third-order valence-electron chi connectivity index (χ3n) is 3.59. The van der Waals surface area contributed by atoms with Gasteiger partial charge in [0.25, 0.3) is 0 Å². The molecule has 0 aliphatic rings. The van der Waals surface area contributed by atoms with Gasteiger partial charge in [-0.25, -0.2) is 9.98 Å². The summed E-state index contributed by atoms with van der Waals surface area (Å²) in [7, 11) is 1.65. The molecule has 26 heavy (non-hydrogen) atoms. The fraction of sp³-hybridized carbons (Fsp3) is 0.474. The van der Waals surface area contributed by atoms with Crippen molar-refractivity contribution in [1.82, 2.24) is 15.6 Å². The number of thiazole rings is 1. The molecule has 0 fully saturated rings. The molecular weight excluding hydrogens is 348 g/mol. The Morgan fingerprint density at radius 2 is 2.08 bits per heavy atom. The quantitative estimate of drug-likeness (QED) is 0.520. The van der Waals surface area contributed by atoms with Crippen LogP contribution >= 0.6 is 11.3 Å². The molecule has 0 unspecified atom stereocenters. The molecule has 2 rings (SSSR count). The Morgan fingerprint density at radius 1 is 1.23 bits per heavy atom. The van der Waals surface area contributed by atoms with Crippen LogP contribution in [0.15, 0.2) is 29.4 Å². The molecule has 2 aromatic rings. The Balaban J connectivity index is 1.94. The summed E-state index contributed by atoms with van der Waals surface area (Å²) >= 11 is 1.74. The van der Waals surface area contributed by atoms with E-state index in [1.54, 1.807) is 18.4 Å². The first-order valence-corrected chi connectivity index (χ1v) is 9.71. The van der Waals surface area contributed by atoms with Crippen LogP contribution in [0.4, 0.5) is 0 Å². The molecule has 0 atom stereocenters. The van der Waals surface area contributed by atoms with Crippen LogP contribution in [0.1, 0.15) is 29.3 Å². The molecule has 1 heterocycles. The summed E-state index contributed by atoms with van der Waals surface area (Å²) in [5.74, 6) is 2.29. The lowest BCUT2D eigenvalue weighted by molar-refractivity contribution is 0.310. The smallest absolute Gasteiger partial charge is 0.191 e. The van der Waals surface area contributed by atoms with Gasteiger partial charge in [0.1, 0.15) is 0 Å². The van der Waals surface area contributed by atoms with E-state index in [1.807, 2.05) is 31.3 Å². The van der Waals surface area contributed by atoms with Crippen molar-refractivity contribution in [2.75, 3.05) is 26.8 Å². The lowest BCUT2D eigenvalue weighted by atomic mass is 10.2. The van der Waals surface area contributed by atoms with Gasteiger partial charge in [0.05, 0.1) is 25.3 Å². The number of nitrogens with one attached hydrogen (secondary N) is 2. The van der Waals surface area contributed by atoms with Crippen molar-refractivity contribution >= 4 is 17.3 Å². The molecule has 142 valence electrons. The van der Waals surface area contributed by atoms with Crippen molar-refractivity contribution in [1.29, 1.82) is 0 Å². The fourth-order valence-corrected chi connectivity index (χ4v) is 3.19. The van der Waals surface area contributed by atoms with Crippen molar-refractivity contribution in [3.8, 4) is 11.5 Å². The fourth-order valence-electron chi connectivity index (χ4n) is 2.40. The van der Waals surface area contributed by atoms with E-state index in [1.165, 1.54) is 4.88 Å². The minimum Gasteiger partial charge on any atom is -0.493 e. The molecule has 0 saturated carbocycles. The van der Waals surface area contributed by atoms with Gasteiger partial charge in [-0.1, -0.05) is 6.07 Å². The number of hydrogen-bond acceptors (Lipinski definition) is 5. The van der Waals surface area contributed by atoms with Crippen LogP contribution in [0.3, 0.4) is 0 Å². The van der Waals surface area contributed by atoms with Crippen LogP contribution < -0.4 is 20.1 Å². The zero-order chi connectivity index (χ0) is 18.8. The van der Waals surface area contributed by atoms with E-state index in [0.29, 0.717) is 13.2 Å². The van der Waals surface area contributed by atoms with Gasteiger partial charge < -0.3 is 20.1 Å². The van der Waals surface area contributed by atoms with Crippen molar-refractivity contribution < 1.29 is 9.47 Å². The minimum atomic E-state index is 0.564. The van der Waals surface area contributed by atoms with Gasteiger partial charge in [-0.15, -0.1) is 11.3 Å². The highest BCUT2D eigenvalue weighted by atomic mass is 32.1. The Labute approximate surface area is 159 Å². The Morgan fingerprint density at radius 3 is 2.73 bits per heavy atom. The molecule has 0 saturated heterocycles. The number of aromatic nitrogens is 1. The van der Waals surface area contributed by atoms with E-state index in [4.69, 9.17) is 9.47 Å². The van der Waals surface area contributed by atoms with Crippen molar-refractivity contribution in [2.45, 2.75) is 33.7 Å². The van der Waals surface area contributed by atoms with Crippen LogP contribution in [-0.2, 0) is 13.0 Å². The average Bonchev–Trinajstić information content (AvgIpc) is 3.06. The molecule has 1 aromatic carbocycles. The highest BCUT2D eigenvalue weighted by Crippen LogP contribution is 2.28. The Bertz CT molecular complexity index is 715.